The van der Waals surface area contributed by atoms with Gasteiger partial charge in [0.25, 0.3) is 0 Å². The van der Waals surface area contributed by atoms with Crippen molar-refractivity contribution in [2.75, 3.05) is 0 Å². The van der Waals surface area contributed by atoms with Crippen LogP contribution in [0.2, 0.25) is 0 Å². The normalized spacial score (nSPS) is 18.6. The Hall–Kier alpha value is -1.45. The van der Waals surface area contributed by atoms with E-state index < -0.39 is 5.41 Å². The molecule has 1 saturated carbocycles. The number of hydrogen-bond donors (Lipinski definition) is 0. The molecule has 0 aromatic carbocycles. The number of carbonyl (C=O) groups is 1. The summed E-state index contributed by atoms with van der Waals surface area (Å²) in [6.07, 6.45) is 11.4. The highest BCUT2D eigenvalue weighted by molar-refractivity contribution is 6.17. The standard InChI is InChI=1S/C15H23N3O/c1-15(2,3)14(19)13(18-11-16-10-17-18)9-12-7-5-4-6-8-12/h9-12H,4-8H2,1-3H3/b13-9-. The molecule has 1 heterocycles. The number of rotatable bonds is 3. The fourth-order valence-corrected chi connectivity index (χ4v) is 2.50. The van der Waals surface area contributed by atoms with Gasteiger partial charge in [-0.2, -0.15) is 5.10 Å². The number of Topliss-reactive ketones (excluding diaryl/α,β-unsaturated/α-hetero) is 1. The summed E-state index contributed by atoms with van der Waals surface area (Å²) in [6, 6.07) is 0. The minimum Gasteiger partial charge on any atom is -0.292 e. The molecule has 0 bridgehead atoms. The zero-order valence-electron chi connectivity index (χ0n) is 12.1. The highest BCUT2D eigenvalue weighted by atomic mass is 16.1. The van der Waals surface area contributed by atoms with E-state index in [0.717, 1.165) is 0 Å². The van der Waals surface area contributed by atoms with E-state index in [1.165, 1.54) is 38.4 Å². The molecule has 1 aliphatic rings. The molecular formula is C15H23N3O. The van der Waals surface area contributed by atoms with Gasteiger partial charge in [-0.15, -0.1) is 0 Å². The maximum Gasteiger partial charge on any atom is 0.186 e. The summed E-state index contributed by atoms with van der Waals surface area (Å²) < 4.78 is 1.61. The molecular weight excluding hydrogens is 238 g/mol. The molecule has 0 radical (unpaired) electrons. The number of nitrogens with zero attached hydrogens (tertiary/aromatic N) is 3. The molecule has 1 aliphatic carbocycles. The summed E-state index contributed by atoms with van der Waals surface area (Å²) >= 11 is 0. The Balaban J connectivity index is 2.29. The molecule has 0 aliphatic heterocycles. The zero-order chi connectivity index (χ0) is 13.9. The zero-order valence-corrected chi connectivity index (χ0v) is 12.1. The Morgan fingerprint density at radius 3 is 2.47 bits per heavy atom. The first-order valence-electron chi connectivity index (χ1n) is 7.10. The van der Waals surface area contributed by atoms with Crippen molar-refractivity contribution in [3.05, 3.63) is 18.7 Å². The van der Waals surface area contributed by atoms with Crippen molar-refractivity contribution in [2.24, 2.45) is 11.3 Å². The van der Waals surface area contributed by atoms with Crippen LogP contribution >= 0.6 is 0 Å². The molecule has 0 saturated heterocycles. The lowest BCUT2D eigenvalue weighted by molar-refractivity contribution is -0.120. The summed E-state index contributed by atoms with van der Waals surface area (Å²) in [7, 11) is 0. The largest absolute Gasteiger partial charge is 0.292 e. The predicted octanol–water partition coefficient (Wildman–Crippen LogP) is 3.31. The van der Waals surface area contributed by atoms with Crippen molar-refractivity contribution >= 4 is 11.5 Å². The third-order valence-electron chi connectivity index (χ3n) is 3.62. The molecule has 0 N–H and O–H groups in total. The highest BCUT2D eigenvalue weighted by Crippen LogP contribution is 2.29. The lowest BCUT2D eigenvalue weighted by Crippen LogP contribution is -2.25. The lowest BCUT2D eigenvalue weighted by Gasteiger charge is -2.22. The molecule has 104 valence electrons. The van der Waals surface area contributed by atoms with Crippen LogP contribution in [0.15, 0.2) is 18.7 Å². The van der Waals surface area contributed by atoms with Gasteiger partial charge in [0.05, 0.1) is 0 Å². The van der Waals surface area contributed by atoms with Crippen LogP contribution in [0.25, 0.3) is 5.70 Å². The molecule has 2 rings (SSSR count). The number of aromatic nitrogens is 3. The van der Waals surface area contributed by atoms with Crippen molar-refractivity contribution in [1.82, 2.24) is 14.8 Å². The van der Waals surface area contributed by atoms with E-state index in [4.69, 9.17) is 0 Å². The Bertz CT molecular complexity index is 448. The average Bonchev–Trinajstić information content (AvgIpc) is 2.89. The van der Waals surface area contributed by atoms with Gasteiger partial charge in [0.1, 0.15) is 18.4 Å². The summed E-state index contributed by atoms with van der Waals surface area (Å²) in [6.45, 7) is 5.84. The first-order chi connectivity index (χ1) is 8.98. The molecule has 19 heavy (non-hydrogen) atoms. The van der Waals surface area contributed by atoms with Crippen LogP contribution in [0.4, 0.5) is 0 Å². The van der Waals surface area contributed by atoms with Gasteiger partial charge >= 0.3 is 0 Å². The third-order valence-corrected chi connectivity index (χ3v) is 3.62. The fourth-order valence-electron chi connectivity index (χ4n) is 2.50. The van der Waals surface area contributed by atoms with Gasteiger partial charge in [0.2, 0.25) is 0 Å². The van der Waals surface area contributed by atoms with Crippen molar-refractivity contribution in [3.63, 3.8) is 0 Å². The molecule has 0 unspecified atom stereocenters. The van der Waals surface area contributed by atoms with Crippen LogP contribution in [0.1, 0.15) is 52.9 Å². The number of hydrogen-bond acceptors (Lipinski definition) is 3. The van der Waals surface area contributed by atoms with Gasteiger partial charge in [-0.25, -0.2) is 9.67 Å². The molecule has 1 aromatic rings. The predicted molar refractivity (Wildman–Crippen MR) is 75.3 cm³/mol. The van der Waals surface area contributed by atoms with Gasteiger partial charge in [-0.3, -0.25) is 4.79 Å². The quantitative estimate of drug-likeness (QED) is 0.784. The van der Waals surface area contributed by atoms with E-state index in [9.17, 15) is 4.79 Å². The summed E-state index contributed by atoms with van der Waals surface area (Å²) in [5, 5.41) is 4.13. The maximum absolute atomic E-state index is 12.6. The lowest BCUT2D eigenvalue weighted by atomic mass is 9.84. The van der Waals surface area contributed by atoms with E-state index in [2.05, 4.69) is 16.2 Å². The maximum atomic E-state index is 12.6. The van der Waals surface area contributed by atoms with Crippen molar-refractivity contribution < 1.29 is 4.79 Å². The van der Waals surface area contributed by atoms with Crippen LogP contribution in [0.5, 0.6) is 0 Å². The molecule has 1 fully saturated rings. The minimum absolute atomic E-state index is 0.128. The topological polar surface area (TPSA) is 47.8 Å². The van der Waals surface area contributed by atoms with Crippen LogP contribution < -0.4 is 0 Å². The Morgan fingerprint density at radius 1 is 1.26 bits per heavy atom. The molecule has 0 spiro atoms. The van der Waals surface area contributed by atoms with Crippen molar-refractivity contribution in [1.29, 1.82) is 0 Å². The summed E-state index contributed by atoms with van der Waals surface area (Å²) in [4.78, 5) is 16.5. The number of ketones is 1. The van der Waals surface area contributed by atoms with E-state index >= 15 is 0 Å². The van der Waals surface area contributed by atoms with Crippen LogP contribution in [0, 0.1) is 11.3 Å². The van der Waals surface area contributed by atoms with Gasteiger partial charge in [-0.05, 0) is 18.8 Å². The van der Waals surface area contributed by atoms with Crippen molar-refractivity contribution in [3.8, 4) is 0 Å². The average molecular weight is 261 g/mol. The molecule has 0 atom stereocenters. The highest BCUT2D eigenvalue weighted by Gasteiger charge is 2.27. The Kier molecular flexibility index (Phi) is 4.17. The van der Waals surface area contributed by atoms with Gasteiger partial charge in [0, 0.05) is 5.41 Å². The van der Waals surface area contributed by atoms with Crippen LogP contribution in [-0.2, 0) is 4.79 Å². The van der Waals surface area contributed by atoms with Gasteiger partial charge in [-0.1, -0.05) is 46.1 Å². The molecule has 0 amide bonds. The van der Waals surface area contributed by atoms with Crippen molar-refractivity contribution in [2.45, 2.75) is 52.9 Å². The second kappa shape index (κ2) is 5.68. The number of allylic oxidation sites excluding steroid dienone is 2. The van der Waals surface area contributed by atoms with E-state index in [-0.39, 0.29) is 5.78 Å². The Morgan fingerprint density at radius 2 is 1.95 bits per heavy atom. The fraction of sp³-hybridized carbons (Fsp3) is 0.667. The van der Waals surface area contributed by atoms with Crippen LogP contribution in [-0.4, -0.2) is 20.5 Å². The molecule has 4 nitrogen and oxygen atoms in total. The summed E-state index contributed by atoms with van der Waals surface area (Å²) in [5.41, 5.74) is 0.281. The van der Waals surface area contributed by atoms with E-state index in [1.54, 1.807) is 11.0 Å². The molecule has 1 aromatic heterocycles. The Labute approximate surface area is 114 Å². The monoisotopic (exact) mass is 261 g/mol. The van der Waals surface area contributed by atoms with Crippen LogP contribution in [0.3, 0.4) is 0 Å². The van der Waals surface area contributed by atoms with Gasteiger partial charge < -0.3 is 0 Å². The van der Waals surface area contributed by atoms with E-state index in [0.29, 0.717) is 11.6 Å². The summed E-state index contributed by atoms with van der Waals surface area (Å²) in [5.74, 6) is 0.628. The van der Waals surface area contributed by atoms with E-state index in [1.807, 2.05) is 20.8 Å². The second-order valence-corrected chi connectivity index (χ2v) is 6.37. The smallest absolute Gasteiger partial charge is 0.186 e. The second-order valence-electron chi connectivity index (χ2n) is 6.37. The van der Waals surface area contributed by atoms with Gasteiger partial charge in [0.15, 0.2) is 5.78 Å². The first kappa shape index (κ1) is 14.0. The molecule has 4 heteroatoms. The SMILES string of the molecule is CC(C)(C)C(=O)/C(=C/C1CCCCC1)n1cncn1. The number of carbonyl (C=O) groups excluding carboxylic acids is 1. The third kappa shape index (κ3) is 3.52. The minimum atomic E-state index is -0.396. The first-order valence-corrected chi connectivity index (χ1v) is 7.10.